The summed E-state index contributed by atoms with van der Waals surface area (Å²) in [5.41, 5.74) is 0.865. The van der Waals surface area contributed by atoms with Gasteiger partial charge in [0.25, 0.3) is 0 Å². The van der Waals surface area contributed by atoms with Crippen LogP contribution in [0, 0.1) is 0 Å². The number of ketones is 1. The lowest BCUT2D eigenvalue weighted by Crippen LogP contribution is -2.26. The van der Waals surface area contributed by atoms with Gasteiger partial charge in [0.15, 0.2) is 16.9 Å². The molecule has 0 saturated heterocycles. The first-order valence-corrected chi connectivity index (χ1v) is 7.57. The standard InChI is InChI=1S/C17H17BrO4/c1-21-17(18)11-13(8-10-16(17)20)7-9-14(19)12-22-15-5-3-2-4-6-15/h2-7,9-11,20H,8,12H2,1H3/b9-7+. The Morgan fingerprint density at radius 3 is 2.82 bits per heavy atom. The molecule has 0 spiro atoms. The minimum absolute atomic E-state index is 0.0153. The van der Waals surface area contributed by atoms with Gasteiger partial charge in [-0.1, -0.05) is 24.3 Å². The maximum absolute atomic E-state index is 11.8. The number of hydrogen-bond donors (Lipinski definition) is 1. The molecule has 0 aliphatic heterocycles. The van der Waals surface area contributed by atoms with Crippen LogP contribution in [0.4, 0.5) is 0 Å². The lowest BCUT2D eigenvalue weighted by Gasteiger charge is -2.25. The van der Waals surface area contributed by atoms with E-state index in [1.807, 2.05) is 18.2 Å². The van der Waals surface area contributed by atoms with Crippen LogP contribution in [0.5, 0.6) is 5.75 Å². The summed E-state index contributed by atoms with van der Waals surface area (Å²) < 4.78 is 9.57. The quantitative estimate of drug-likeness (QED) is 0.617. The minimum Gasteiger partial charge on any atom is -0.508 e. The molecule has 1 aliphatic rings. The molecule has 1 atom stereocenters. The van der Waals surface area contributed by atoms with E-state index in [2.05, 4.69) is 15.9 Å². The molecule has 0 bridgehead atoms. The number of carbonyl (C=O) groups excluding carboxylic acids is 1. The molecule has 0 amide bonds. The zero-order chi connectivity index (χ0) is 16.0. The summed E-state index contributed by atoms with van der Waals surface area (Å²) in [6, 6.07) is 9.18. The SMILES string of the molecule is COC1(Br)C=C(/C=C/C(=O)COc2ccccc2)CC=C1O. The van der Waals surface area contributed by atoms with Crippen molar-refractivity contribution in [3.8, 4) is 5.75 Å². The fourth-order valence-corrected chi connectivity index (χ4v) is 2.38. The van der Waals surface area contributed by atoms with Crippen molar-refractivity contribution in [3.63, 3.8) is 0 Å². The number of rotatable bonds is 6. The van der Waals surface area contributed by atoms with Crippen LogP contribution in [0.2, 0.25) is 0 Å². The molecule has 1 aliphatic carbocycles. The molecular weight excluding hydrogens is 348 g/mol. The van der Waals surface area contributed by atoms with E-state index in [-0.39, 0.29) is 18.1 Å². The summed E-state index contributed by atoms with van der Waals surface area (Å²) in [5.74, 6) is 0.625. The average molecular weight is 365 g/mol. The minimum atomic E-state index is -1.02. The Hall–Kier alpha value is -1.85. The number of aliphatic hydroxyl groups excluding tert-OH is 1. The molecule has 1 aromatic rings. The number of halogens is 1. The highest BCUT2D eigenvalue weighted by atomic mass is 79.9. The van der Waals surface area contributed by atoms with Crippen molar-refractivity contribution in [2.75, 3.05) is 13.7 Å². The van der Waals surface area contributed by atoms with Crippen molar-refractivity contribution in [1.29, 1.82) is 0 Å². The molecule has 1 unspecified atom stereocenters. The third-order valence-corrected chi connectivity index (χ3v) is 4.11. The first kappa shape index (κ1) is 16.5. The van der Waals surface area contributed by atoms with Crippen molar-refractivity contribution in [3.05, 3.63) is 66.0 Å². The maximum Gasteiger partial charge on any atom is 0.198 e. The van der Waals surface area contributed by atoms with Gasteiger partial charge in [-0.3, -0.25) is 4.79 Å². The number of methoxy groups -OCH3 is 1. The second-order valence-corrected chi connectivity index (χ2v) is 5.94. The van der Waals surface area contributed by atoms with Gasteiger partial charge in [0, 0.05) is 7.11 Å². The summed E-state index contributed by atoms with van der Waals surface area (Å²) in [5, 5.41) is 9.77. The molecule has 0 radical (unpaired) electrons. The largest absolute Gasteiger partial charge is 0.508 e. The van der Waals surface area contributed by atoms with Gasteiger partial charge in [0.1, 0.15) is 11.5 Å². The van der Waals surface area contributed by atoms with Crippen LogP contribution in [-0.2, 0) is 9.53 Å². The highest BCUT2D eigenvalue weighted by Gasteiger charge is 2.31. The summed E-state index contributed by atoms with van der Waals surface area (Å²) in [7, 11) is 1.49. The molecular formula is C17H17BrO4. The lowest BCUT2D eigenvalue weighted by atomic mass is 10.0. The van der Waals surface area contributed by atoms with E-state index in [1.54, 1.807) is 30.4 Å². The number of alkyl halides is 1. The van der Waals surface area contributed by atoms with Crippen LogP contribution in [0.1, 0.15) is 6.42 Å². The molecule has 22 heavy (non-hydrogen) atoms. The van der Waals surface area contributed by atoms with E-state index < -0.39 is 4.51 Å². The molecule has 1 N–H and O–H groups in total. The van der Waals surface area contributed by atoms with Crippen molar-refractivity contribution in [1.82, 2.24) is 0 Å². The van der Waals surface area contributed by atoms with Crippen molar-refractivity contribution >= 4 is 21.7 Å². The Labute approximate surface area is 137 Å². The maximum atomic E-state index is 11.8. The molecule has 1 aromatic carbocycles. The van der Waals surface area contributed by atoms with Gasteiger partial charge in [-0.25, -0.2) is 0 Å². The van der Waals surface area contributed by atoms with E-state index in [0.29, 0.717) is 12.2 Å². The zero-order valence-corrected chi connectivity index (χ0v) is 13.7. The van der Waals surface area contributed by atoms with Crippen LogP contribution in [-0.4, -0.2) is 29.1 Å². The van der Waals surface area contributed by atoms with Gasteiger partial charge in [0.2, 0.25) is 0 Å². The smallest absolute Gasteiger partial charge is 0.198 e. The molecule has 0 heterocycles. The number of carbonyl (C=O) groups is 1. The predicted molar refractivity (Wildman–Crippen MR) is 88.2 cm³/mol. The van der Waals surface area contributed by atoms with E-state index in [9.17, 15) is 9.90 Å². The molecule has 4 nitrogen and oxygen atoms in total. The van der Waals surface area contributed by atoms with Gasteiger partial charge >= 0.3 is 0 Å². The van der Waals surface area contributed by atoms with E-state index in [4.69, 9.17) is 9.47 Å². The predicted octanol–water partition coefficient (Wildman–Crippen LogP) is 3.70. The first-order chi connectivity index (χ1) is 10.5. The number of benzene rings is 1. The number of para-hydroxylation sites is 1. The Morgan fingerprint density at radius 1 is 1.41 bits per heavy atom. The topological polar surface area (TPSA) is 55.8 Å². The number of aliphatic hydroxyl groups is 1. The van der Waals surface area contributed by atoms with E-state index in [1.165, 1.54) is 13.2 Å². The van der Waals surface area contributed by atoms with Gasteiger partial charge in [-0.05, 0) is 58.3 Å². The molecule has 5 heteroatoms. The van der Waals surface area contributed by atoms with Gasteiger partial charge in [-0.2, -0.15) is 0 Å². The average Bonchev–Trinajstić information content (AvgIpc) is 2.55. The highest BCUT2D eigenvalue weighted by Crippen LogP contribution is 2.34. The van der Waals surface area contributed by atoms with E-state index in [0.717, 1.165) is 5.57 Å². The summed E-state index contributed by atoms with van der Waals surface area (Å²) >= 11 is 3.31. The highest BCUT2D eigenvalue weighted by molar-refractivity contribution is 9.10. The van der Waals surface area contributed by atoms with Crippen LogP contribution >= 0.6 is 15.9 Å². The molecule has 116 valence electrons. The second kappa shape index (κ2) is 7.42. The molecule has 0 aromatic heterocycles. The van der Waals surface area contributed by atoms with Crippen LogP contribution in [0.3, 0.4) is 0 Å². The van der Waals surface area contributed by atoms with Gasteiger partial charge in [-0.15, -0.1) is 0 Å². The van der Waals surface area contributed by atoms with E-state index >= 15 is 0 Å². The normalized spacial score (nSPS) is 21.4. The Balaban J connectivity index is 1.92. The lowest BCUT2D eigenvalue weighted by molar-refractivity contribution is -0.116. The first-order valence-electron chi connectivity index (χ1n) is 6.77. The fourth-order valence-electron chi connectivity index (χ4n) is 1.92. The third-order valence-electron chi connectivity index (χ3n) is 3.16. The van der Waals surface area contributed by atoms with Crippen molar-refractivity contribution in [2.24, 2.45) is 0 Å². The Morgan fingerprint density at radius 2 is 2.14 bits per heavy atom. The zero-order valence-electron chi connectivity index (χ0n) is 12.2. The summed E-state index contributed by atoms with van der Waals surface area (Å²) in [4.78, 5) is 11.8. The van der Waals surface area contributed by atoms with Crippen LogP contribution in [0.25, 0.3) is 0 Å². The number of hydrogen-bond acceptors (Lipinski definition) is 4. The monoisotopic (exact) mass is 364 g/mol. The molecule has 0 fully saturated rings. The van der Waals surface area contributed by atoms with Gasteiger partial charge in [0.05, 0.1) is 0 Å². The molecule has 2 rings (SSSR count). The molecule has 0 saturated carbocycles. The number of ether oxygens (including phenoxy) is 2. The summed E-state index contributed by atoms with van der Waals surface area (Å²) in [6.45, 7) is -0.0153. The van der Waals surface area contributed by atoms with Crippen molar-refractivity contribution < 1.29 is 19.4 Å². The van der Waals surface area contributed by atoms with Crippen molar-refractivity contribution in [2.45, 2.75) is 10.9 Å². The second-order valence-electron chi connectivity index (χ2n) is 4.76. The summed E-state index contributed by atoms with van der Waals surface area (Å²) in [6.07, 6.45) is 7.07. The Kier molecular flexibility index (Phi) is 5.57. The van der Waals surface area contributed by atoms with Crippen LogP contribution in [0.15, 0.2) is 66.0 Å². The number of allylic oxidation sites excluding steroid dienone is 3. The van der Waals surface area contributed by atoms with Crippen LogP contribution < -0.4 is 4.74 Å². The Bertz CT molecular complexity index is 619. The third kappa shape index (κ3) is 4.32. The fraction of sp³-hybridized carbons (Fsp3) is 0.235. The van der Waals surface area contributed by atoms with Gasteiger partial charge < -0.3 is 14.6 Å².